The molecule has 0 bridgehead atoms. The van der Waals surface area contributed by atoms with Crippen LogP contribution in [0.25, 0.3) is 0 Å². The summed E-state index contributed by atoms with van der Waals surface area (Å²) in [7, 11) is 3.36. The quantitative estimate of drug-likeness (QED) is 0.916. The summed E-state index contributed by atoms with van der Waals surface area (Å²) in [5.41, 5.74) is 8.13. The van der Waals surface area contributed by atoms with E-state index in [1.54, 1.807) is 14.2 Å². The number of halogens is 1. The van der Waals surface area contributed by atoms with Gasteiger partial charge in [0.2, 0.25) is 0 Å². The summed E-state index contributed by atoms with van der Waals surface area (Å²) in [6, 6.07) is 1.95. The fourth-order valence-corrected chi connectivity index (χ4v) is 2.70. The van der Waals surface area contributed by atoms with Crippen LogP contribution in [0.2, 0.25) is 0 Å². The van der Waals surface area contributed by atoms with Crippen molar-refractivity contribution in [2.75, 3.05) is 20.8 Å². The maximum absolute atomic E-state index is 5.70. The van der Waals surface area contributed by atoms with Gasteiger partial charge in [-0.2, -0.15) is 0 Å². The van der Waals surface area contributed by atoms with E-state index < -0.39 is 0 Å². The number of hydrogen-bond donors (Lipinski definition) is 1. The van der Waals surface area contributed by atoms with E-state index in [4.69, 9.17) is 15.2 Å². The Hall–Kier alpha value is -0.740. The first-order valence-electron chi connectivity index (χ1n) is 4.86. The number of rotatable bonds is 3. The van der Waals surface area contributed by atoms with Gasteiger partial charge in [-0.1, -0.05) is 0 Å². The van der Waals surface area contributed by atoms with Crippen LogP contribution in [0.15, 0.2) is 10.5 Å². The van der Waals surface area contributed by atoms with Gasteiger partial charge >= 0.3 is 0 Å². The Morgan fingerprint density at radius 1 is 1.47 bits per heavy atom. The molecule has 82 valence electrons. The van der Waals surface area contributed by atoms with Crippen molar-refractivity contribution in [3.63, 3.8) is 0 Å². The fourth-order valence-electron chi connectivity index (χ4n) is 2.12. The third-order valence-electron chi connectivity index (χ3n) is 2.91. The van der Waals surface area contributed by atoms with Crippen LogP contribution in [0.1, 0.15) is 17.0 Å². The summed E-state index contributed by atoms with van der Waals surface area (Å²) in [5.74, 6) is 2.22. The summed E-state index contributed by atoms with van der Waals surface area (Å²) in [6.07, 6.45) is 0.985. The molecule has 0 aliphatic heterocycles. The number of benzene rings is 1. The molecule has 0 unspecified atom stereocenters. The van der Waals surface area contributed by atoms with Crippen molar-refractivity contribution in [2.24, 2.45) is 5.73 Å². The van der Waals surface area contributed by atoms with Gasteiger partial charge in [0.05, 0.1) is 18.7 Å². The highest BCUT2D eigenvalue weighted by atomic mass is 79.9. The van der Waals surface area contributed by atoms with Crippen molar-refractivity contribution >= 4 is 15.9 Å². The van der Waals surface area contributed by atoms with Crippen LogP contribution in [-0.2, 0) is 6.42 Å². The first kappa shape index (κ1) is 10.8. The van der Waals surface area contributed by atoms with Crippen LogP contribution < -0.4 is 15.2 Å². The fraction of sp³-hybridized carbons (Fsp3) is 0.455. The van der Waals surface area contributed by atoms with Crippen LogP contribution in [0.5, 0.6) is 11.5 Å². The minimum atomic E-state index is 0.404. The van der Waals surface area contributed by atoms with Crippen molar-refractivity contribution in [3.8, 4) is 11.5 Å². The number of methoxy groups -OCH3 is 2. The van der Waals surface area contributed by atoms with Gasteiger partial charge in [0.15, 0.2) is 0 Å². The molecule has 0 heterocycles. The highest BCUT2D eigenvalue weighted by Gasteiger charge is 2.33. The molecule has 15 heavy (non-hydrogen) atoms. The molecule has 0 amide bonds. The van der Waals surface area contributed by atoms with Gasteiger partial charge in [0.1, 0.15) is 11.5 Å². The van der Waals surface area contributed by atoms with E-state index in [1.807, 2.05) is 6.07 Å². The molecule has 1 aromatic rings. The van der Waals surface area contributed by atoms with Gasteiger partial charge in [0.25, 0.3) is 0 Å². The summed E-state index contributed by atoms with van der Waals surface area (Å²) >= 11 is 3.48. The predicted molar refractivity (Wildman–Crippen MR) is 62.7 cm³/mol. The lowest BCUT2D eigenvalue weighted by atomic mass is 9.76. The van der Waals surface area contributed by atoms with Crippen LogP contribution in [-0.4, -0.2) is 20.8 Å². The minimum absolute atomic E-state index is 0.404. The predicted octanol–water partition coefficient (Wildman–Crippen LogP) is 2.06. The zero-order valence-electron chi connectivity index (χ0n) is 8.84. The Morgan fingerprint density at radius 3 is 2.73 bits per heavy atom. The van der Waals surface area contributed by atoms with Crippen molar-refractivity contribution in [1.82, 2.24) is 0 Å². The SMILES string of the molecule is COc1cc(Br)c(OC)c2c1C[C@H]2CN. The van der Waals surface area contributed by atoms with Gasteiger partial charge in [0, 0.05) is 17.0 Å². The molecule has 0 saturated heterocycles. The molecule has 1 atom stereocenters. The summed E-state index contributed by atoms with van der Waals surface area (Å²) in [6.45, 7) is 0.656. The number of ether oxygens (including phenoxy) is 2. The van der Waals surface area contributed by atoms with Gasteiger partial charge in [-0.15, -0.1) is 0 Å². The van der Waals surface area contributed by atoms with Crippen molar-refractivity contribution in [3.05, 3.63) is 21.7 Å². The zero-order valence-corrected chi connectivity index (χ0v) is 10.4. The average Bonchev–Trinajstić information content (AvgIpc) is 2.21. The summed E-state index contributed by atoms with van der Waals surface area (Å²) in [4.78, 5) is 0. The Kier molecular flexibility index (Phi) is 2.89. The van der Waals surface area contributed by atoms with E-state index >= 15 is 0 Å². The van der Waals surface area contributed by atoms with Crippen LogP contribution in [0.4, 0.5) is 0 Å². The molecule has 0 aromatic heterocycles. The Bertz CT molecular complexity index is 393. The van der Waals surface area contributed by atoms with Crippen molar-refractivity contribution < 1.29 is 9.47 Å². The monoisotopic (exact) mass is 271 g/mol. The third kappa shape index (κ3) is 1.52. The zero-order chi connectivity index (χ0) is 11.0. The molecule has 2 N–H and O–H groups in total. The molecule has 0 fully saturated rings. The molecule has 0 radical (unpaired) electrons. The molecule has 0 spiro atoms. The Balaban J connectivity index is 2.55. The van der Waals surface area contributed by atoms with Crippen molar-refractivity contribution in [1.29, 1.82) is 0 Å². The standard InChI is InChI=1S/C11H14BrNO2/c1-14-9-4-8(12)11(15-2)10-6(5-13)3-7(9)10/h4,6H,3,5,13H2,1-2H3/t6-/m0/s1. The van der Waals surface area contributed by atoms with Crippen LogP contribution in [0.3, 0.4) is 0 Å². The number of fused-ring (bicyclic) bond motifs is 1. The lowest BCUT2D eigenvalue weighted by Crippen LogP contribution is -2.26. The van der Waals surface area contributed by atoms with Crippen molar-refractivity contribution in [2.45, 2.75) is 12.3 Å². The average molecular weight is 272 g/mol. The molecule has 1 aromatic carbocycles. The molecule has 4 heteroatoms. The van der Waals surface area contributed by atoms with Gasteiger partial charge in [-0.3, -0.25) is 0 Å². The lowest BCUT2D eigenvalue weighted by Gasteiger charge is -2.33. The first-order chi connectivity index (χ1) is 7.22. The maximum Gasteiger partial charge on any atom is 0.137 e. The third-order valence-corrected chi connectivity index (χ3v) is 3.50. The van der Waals surface area contributed by atoms with E-state index in [2.05, 4.69) is 15.9 Å². The minimum Gasteiger partial charge on any atom is -0.496 e. The Labute approximate surface area is 97.7 Å². The molecule has 1 aliphatic rings. The normalized spacial score (nSPS) is 18.0. The topological polar surface area (TPSA) is 44.5 Å². The molecular weight excluding hydrogens is 258 g/mol. The second-order valence-corrected chi connectivity index (χ2v) is 4.48. The second-order valence-electron chi connectivity index (χ2n) is 3.62. The van der Waals surface area contributed by atoms with Crippen LogP contribution >= 0.6 is 15.9 Å². The first-order valence-corrected chi connectivity index (χ1v) is 5.65. The lowest BCUT2D eigenvalue weighted by molar-refractivity contribution is 0.374. The van der Waals surface area contributed by atoms with E-state index in [-0.39, 0.29) is 0 Å². The van der Waals surface area contributed by atoms with Gasteiger partial charge in [-0.05, 0) is 35.0 Å². The van der Waals surface area contributed by atoms with Gasteiger partial charge in [-0.25, -0.2) is 0 Å². The van der Waals surface area contributed by atoms with E-state index in [0.717, 1.165) is 22.4 Å². The number of nitrogens with two attached hydrogens (primary N) is 1. The summed E-state index contributed by atoms with van der Waals surface area (Å²) in [5, 5.41) is 0. The highest BCUT2D eigenvalue weighted by molar-refractivity contribution is 9.10. The van der Waals surface area contributed by atoms with E-state index in [1.165, 1.54) is 11.1 Å². The van der Waals surface area contributed by atoms with E-state index in [9.17, 15) is 0 Å². The van der Waals surface area contributed by atoms with E-state index in [0.29, 0.717) is 12.5 Å². The maximum atomic E-state index is 5.70. The molecular formula is C11H14BrNO2. The molecule has 3 nitrogen and oxygen atoms in total. The number of hydrogen-bond acceptors (Lipinski definition) is 3. The molecule has 0 saturated carbocycles. The Morgan fingerprint density at radius 2 is 2.20 bits per heavy atom. The molecule has 2 rings (SSSR count). The summed E-state index contributed by atoms with van der Waals surface area (Å²) < 4.78 is 11.6. The van der Waals surface area contributed by atoms with Gasteiger partial charge < -0.3 is 15.2 Å². The highest BCUT2D eigenvalue weighted by Crippen LogP contribution is 2.49. The smallest absolute Gasteiger partial charge is 0.137 e. The van der Waals surface area contributed by atoms with Crippen LogP contribution in [0, 0.1) is 0 Å². The largest absolute Gasteiger partial charge is 0.496 e. The molecule has 1 aliphatic carbocycles. The second kappa shape index (κ2) is 4.02.